The summed E-state index contributed by atoms with van der Waals surface area (Å²) in [6.07, 6.45) is 6.73. The Balaban J connectivity index is 1.73. The van der Waals surface area contributed by atoms with Crippen LogP contribution < -0.4 is 5.32 Å². The van der Waals surface area contributed by atoms with Crippen molar-refractivity contribution in [2.24, 2.45) is 11.8 Å². The molecule has 20 heavy (non-hydrogen) atoms. The van der Waals surface area contributed by atoms with Crippen LogP contribution in [0.25, 0.3) is 0 Å². The molecular weight excluding hydrogens is 250 g/mol. The van der Waals surface area contributed by atoms with Crippen LogP contribution in [0.2, 0.25) is 0 Å². The van der Waals surface area contributed by atoms with E-state index >= 15 is 0 Å². The number of rotatable bonds is 6. The Hall–Kier alpha value is -1.35. The van der Waals surface area contributed by atoms with Crippen molar-refractivity contribution >= 4 is 5.97 Å². The van der Waals surface area contributed by atoms with Crippen LogP contribution in [0.1, 0.15) is 54.9 Å². The maximum absolute atomic E-state index is 10.9. The minimum Gasteiger partial charge on any atom is -0.478 e. The lowest BCUT2D eigenvalue weighted by Crippen LogP contribution is -2.26. The van der Waals surface area contributed by atoms with E-state index in [1.54, 1.807) is 12.1 Å². The molecule has 0 atom stereocenters. The Morgan fingerprint density at radius 1 is 1.25 bits per heavy atom. The van der Waals surface area contributed by atoms with Gasteiger partial charge in [0.2, 0.25) is 0 Å². The molecule has 1 fully saturated rings. The second kappa shape index (κ2) is 7.44. The van der Waals surface area contributed by atoms with Crippen LogP contribution in [0.4, 0.5) is 0 Å². The Morgan fingerprint density at radius 3 is 2.60 bits per heavy atom. The molecule has 3 heteroatoms. The van der Waals surface area contributed by atoms with E-state index in [0.717, 1.165) is 30.5 Å². The fourth-order valence-electron chi connectivity index (χ4n) is 3.08. The van der Waals surface area contributed by atoms with E-state index in [9.17, 15) is 4.79 Å². The third-order valence-electron chi connectivity index (χ3n) is 4.48. The molecule has 0 aliphatic heterocycles. The Bertz CT molecular complexity index is 436. The van der Waals surface area contributed by atoms with Crippen molar-refractivity contribution in [1.29, 1.82) is 0 Å². The molecule has 1 aliphatic carbocycles. The van der Waals surface area contributed by atoms with Gasteiger partial charge >= 0.3 is 5.97 Å². The standard InChI is InChI=1S/C17H25NO2/c1-2-13-6-8-14(9-7-13)11-18-12-15-4-3-5-16(10-15)17(19)20/h3-5,10,13-14,18H,2,6-9,11-12H2,1H3,(H,19,20). The number of aromatic carboxylic acids is 1. The number of hydrogen-bond acceptors (Lipinski definition) is 2. The molecule has 0 heterocycles. The van der Waals surface area contributed by atoms with E-state index in [1.165, 1.54) is 32.1 Å². The van der Waals surface area contributed by atoms with Crippen molar-refractivity contribution < 1.29 is 9.90 Å². The summed E-state index contributed by atoms with van der Waals surface area (Å²) in [7, 11) is 0. The van der Waals surface area contributed by atoms with E-state index in [1.807, 2.05) is 12.1 Å². The van der Waals surface area contributed by atoms with Crippen LogP contribution >= 0.6 is 0 Å². The summed E-state index contributed by atoms with van der Waals surface area (Å²) >= 11 is 0. The second-order valence-electron chi connectivity index (χ2n) is 5.93. The molecule has 2 N–H and O–H groups in total. The predicted octanol–water partition coefficient (Wildman–Crippen LogP) is 3.69. The number of carboxylic acids is 1. The topological polar surface area (TPSA) is 49.3 Å². The van der Waals surface area contributed by atoms with Gasteiger partial charge in [-0.05, 0) is 48.9 Å². The van der Waals surface area contributed by atoms with Gasteiger partial charge in [0.05, 0.1) is 5.56 Å². The summed E-state index contributed by atoms with van der Waals surface area (Å²) in [5.41, 5.74) is 1.42. The van der Waals surface area contributed by atoms with Crippen LogP contribution in [-0.4, -0.2) is 17.6 Å². The highest BCUT2D eigenvalue weighted by Gasteiger charge is 2.19. The second-order valence-corrected chi connectivity index (χ2v) is 5.93. The minimum absolute atomic E-state index is 0.368. The molecule has 0 spiro atoms. The maximum atomic E-state index is 10.9. The molecule has 1 aliphatic rings. The molecule has 1 aromatic rings. The van der Waals surface area contributed by atoms with Gasteiger partial charge in [0.25, 0.3) is 0 Å². The van der Waals surface area contributed by atoms with Gasteiger partial charge in [-0.25, -0.2) is 4.79 Å². The van der Waals surface area contributed by atoms with Crippen molar-refractivity contribution in [3.63, 3.8) is 0 Å². The Labute approximate surface area is 121 Å². The van der Waals surface area contributed by atoms with Gasteiger partial charge in [-0.15, -0.1) is 0 Å². The van der Waals surface area contributed by atoms with Crippen molar-refractivity contribution in [1.82, 2.24) is 5.32 Å². The van der Waals surface area contributed by atoms with Gasteiger partial charge in [0.1, 0.15) is 0 Å². The van der Waals surface area contributed by atoms with Crippen molar-refractivity contribution in [2.45, 2.75) is 45.6 Å². The largest absolute Gasteiger partial charge is 0.478 e. The fraction of sp³-hybridized carbons (Fsp3) is 0.588. The van der Waals surface area contributed by atoms with Crippen LogP contribution in [0.15, 0.2) is 24.3 Å². The zero-order chi connectivity index (χ0) is 14.4. The lowest BCUT2D eigenvalue weighted by atomic mass is 9.81. The third-order valence-corrected chi connectivity index (χ3v) is 4.48. The van der Waals surface area contributed by atoms with E-state index in [4.69, 9.17) is 5.11 Å². The first-order valence-electron chi connectivity index (χ1n) is 7.72. The molecule has 2 rings (SSSR count). The monoisotopic (exact) mass is 275 g/mol. The van der Waals surface area contributed by atoms with Crippen LogP contribution in [0.3, 0.4) is 0 Å². The Kier molecular flexibility index (Phi) is 5.60. The van der Waals surface area contributed by atoms with E-state index < -0.39 is 5.97 Å². The molecule has 1 aromatic carbocycles. The summed E-state index contributed by atoms with van der Waals surface area (Å²) in [6.45, 7) is 4.10. The summed E-state index contributed by atoms with van der Waals surface area (Å²) in [6, 6.07) is 7.18. The van der Waals surface area contributed by atoms with Crippen LogP contribution in [-0.2, 0) is 6.54 Å². The lowest BCUT2D eigenvalue weighted by molar-refractivity contribution is 0.0696. The van der Waals surface area contributed by atoms with E-state index in [0.29, 0.717) is 5.56 Å². The normalized spacial score (nSPS) is 22.6. The number of hydrogen-bond donors (Lipinski definition) is 2. The number of benzene rings is 1. The van der Waals surface area contributed by atoms with Crippen molar-refractivity contribution in [3.8, 4) is 0 Å². The first kappa shape index (κ1) is 15.0. The summed E-state index contributed by atoms with van der Waals surface area (Å²) in [5, 5.41) is 12.4. The Morgan fingerprint density at radius 2 is 1.95 bits per heavy atom. The van der Waals surface area contributed by atoms with Crippen LogP contribution in [0, 0.1) is 11.8 Å². The molecule has 0 amide bonds. The third kappa shape index (κ3) is 4.34. The SMILES string of the molecule is CCC1CCC(CNCc2cccc(C(=O)O)c2)CC1. The number of carboxylic acid groups (broad SMARTS) is 1. The zero-order valence-corrected chi connectivity index (χ0v) is 12.3. The van der Waals surface area contributed by atoms with E-state index in [2.05, 4.69) is 12.2 Å². The lowest BCUT2D eigenvalue weighted by Gasteiger charge is -2.27. The minimum atomic E-state index is -0.857. The summed E-state index contributed by atoms with van der Waals surface area (Å²) in [5.74, 6) is 0.878. The van der Waals surface area contributed by atoms with Crippen LogP contribution in [0.5, 0.6) is 0 Å². The maximum Gasteiger partial charge on any atom is 0.335 e. The average molecular weight is 275 g/mol. The molecule has 0 radical (unpaired) electrons. The van der Waals surface area contributed by atoms with Gasteiger partial charge in [-0.3, -0.25) is 0 Å². The number of carbonyl (C=O) groups is 1. The highest BCUT2D eigenvalue weighted by atomic mass is 16.4. The molecule has 0 bridgehead atoms. The molecule has 110 valence electrons. The van der Waals surface area contributed by atoms with Gasteiger partial charge < -0.3 is 10.4 Å². The molecule has 0 unspecified atom stereocenters. The molecule has 1 saturated carbocycles. The molecule has 0 aromatic heterocycles. The predicted molar refractivity (Wildman–Crippen MR) is 80.8 cm³/mol. The summed E-state index contributed by atoms with van der Waals surface area (Å²) in [4.78, 5) is 10.9. The van der Waals surface area contributed by atoms with Crippen molar-refractivity contribution in [2.75, 3.05) is 6.54 Å². The number of nitrogens with one attached hydrogen (secondary N) is 1. The average Bonchev–Trinajstić information content (AvgIpc) is 2.48. The summed E-state index contributed by atoms with van der Waals surface area (Å²) < 4.78 is 0. The fourth-order valence-corrected chi connectivity index (χ4v) is 3.08. The first-order chi connectivity index (χ1) is 9.69. The smallest absolute Gasteiger partial charge is 0.335 e. The van der Waals surface area contributed by atoms with Crippen molar-refractivity contribution in [3.05, 3.63) is 35.4 Å². The molecule has 0 saturated heterocycles. The molecular formula is C17H25NO2. The zero-order valence-electron chi connectivity index (χ0n) is 12.3. The quantitative estimate of drug-likeness (QED) is 0.832. The van der Waals surface area contributed by atoms with Gasteiger partial charge in [-0.1, -0.05) is 38.3 Å². The molecule has 3 nitrogen and oxygen atoms in total. The highest BCUT2D eigenvalue weighted by molar-refractivity contribution is 5.87. The van der Waals surface area contributed by atoms with E-state index in [-0.39, 0.29) is 0 Å². The first-order valence-corrected chi connectivity index (χ1v) is 7.72. The highest BCUT2D eigenvalue weighted by Crippen LogP contribution is 2.30. The van der Waals surface area contributed by atoms with Gasteiger partial charge in [0, 0.05) is 6.54 Å². The van der Waals surface area contributed by atoms with Gasteiger partial charge in [0.15, 0.2) is 0 Å². The van der Waals surface area contributed by atoms with Gasteiger partial charge in [-0.2, -0.15) is 0 Å².